The zero-order valence-electron chi connectivity index (χ0n) is 10.1. The fraction of sp³-hybridized carbons (Fsp3) is 0.333. The molecule has 0 aliphatic carbocycles. The molecule has 7 nitrogen and oxygen atoms in total. The minimum absolute atomic E-state index is 0.323. The van der Waals surface area contributed by atoms with Gasteiger partial charge in [-0.25, -0.2) is 4.98 Å². The summed E-state index contributed by atoms with van der Waals surface area (Å²) in [7, 11) is 0. The van der Waals surface area contributed by atoms with E-state index < -0.39 is 0 Å². The van der Waals surface area contributed by atoms with E-state index in [9.17, 15) is 0 Å². The highest BCUT2D eigenvalue weighted by Gasteiger charge is 2.17. The molecule has 1 fully saturated rings. The first kappa shape index (κ1) is 11.6. The summed E-state index contributed by atoms with van der Waals surface area (Å²) in [6.07, 6.45) is 1.55. The van der Waals surface area contributed by atoms with Crippen molar-refractivity contribution in [2.45, 2.75) is 0 Å². The topological polar surface area (TPSA) is 88.1 Å². The van der Waals surface area contributed by atoms with Crippen LogP contribution in [0.4, 0.5) is 5.95 Å². The molecule has 0 atom stereocenters. The molecule has 0 radical (unpaired) electrons. The fourth-order valence-electron chi connectivity index (χ4n) is 1.85. The molecule has 0 aromatic carbocycles. The molecular formula is C12H11N5O2. The van der Waals surface area contributed by atoms with Crippen molar-refractivity contribution in [2.75, 3.05) is 31.2 Å². The highest BCUT2D eigenvalue weighted by Crippen LogP contribution is 2.20. The summed E-state index contributed by atoms with van der Waals surface area (Å²) in [6.45, 7) is 2.83. The summed E-state index contributed by atoms with van der Waals surface area (Å²) in [5.41, 5.74) is 1.02. The lowest BCUT2D eigenvalue weighted by molar-refractivity contribution is 0.121. The zero-order valence-corrected chi connectivity index (χ0v) is 10.1. The lowest BCUT2D eigenvalue weighted by Gasteiger charge is -2.24. The number of aromatic nitrogens is 3. The number of hydrogen-bond acceptors (Lipinski definition) is 7. The molecule has 7 heteroatoms. The summed E-state index contributed by atoms with van der Waals surface area (Å²) in [5, 5.41) is 12.8. The van der Waals surface area contributed by atoms with Crippen LogP contribution >= 0.6 is 0 Å². The molecule has 0 saturated carbocycles. The number of anilines is 1. The highest BCUT2D eigenvalue weighted by molar-refractivity contribution is 5.55. The van der Waals surface area contributed by atoms with Gasteiger partial charge in [-0.05, 0) is 17.3 Å². The van der Waals surface area contributed by atoms with Crippen LogP contribution in [0.5, 0.6) is 0 Å². The van der Waals surface area contributed by atoms with Gasteiger partial charge in [-0.3, -0.25) is 0 Å². The number of rotatable bonds is 2. The predicted molar refractivity (Wildman–Crippen MR) is 65.3 cm³/mol. The minimum Gasteiger partial charge on any atom is -0.378 e. The average molecular weight is 257 g/mol. The first-order valence-electron chi connectivity index (χ1n) is 5.90. The standard InChI is InChI=1S/C12H11N5O2/c13-8-10-7-9(1-2-14-10)11-15-12(16-19-11)17-3-5-18-6-4-17/h1-2,7H,3-6H2. The Balaban J connectivity index is 1.86. The van der Waals surface area contributed by atoms with Crippen LogP contribution in [-0.4, -0.2) is 41.4 Å². The van der Waals surface area contributed by atoms with Crippen molar-refractivity contribution in [3.05, 3.63) is 24.0 Å². The van der Waals surface area contributed by atoms with Crippen LogP contribution in [0.3, 0.4) is 0 Å². The molecule has 0 amide bonds. The summed E-state index contributed by atoms with van der Waals surface area (Å²) < 4.78 is 10.5. The maximum atomic E-state index is 8.82. The Morgan fingerprint density at radius 2 is 2.16 bits per heavy atom. The molecule has 1 saturated heterocycles. The molecule has 3 heterocycles. The molecule has 0 N–H and O–H groups in total. The number of hydrogen-bond donors (Lipinski definition) is 0. The van der Waals surface area contributed by atoms with Crippen LogP contribution in [0.1, 0.15) is 5.69 Å². The number of nitriles is 1. The van der Waals surface area contributed by atoms with Crippen LogP contribution < -0.4 is 4.90 Å². The van der Waals surface area contributed by atoms with E-state index in [1.807, 2.05) is 11.0 Å². The van der Waals surface area contributed by atoms with E-state index in [0.29, 0.717) is 36.3 Å². The van der Waals surface area contributed by atoms with Crippen LogP contribution in [0, 0.1) is 11.3 Å². The molecule has 96 valence electrons. The fourth-order valence-corrected chi connectivity index (χ4v) is 1.85. The van der Waals surface area contributed by atoms with Gasteiger partial charge in [0.05, 0.1) is 13.2 Å². The smallest absolute Gasteiger partial charge is 0.266 e. The third-order valence-corrected chi connectivity index (χ3v) is 2.83. The summed E-state index contributed by atoms with van der Waals surface area (Å²) in [5.74, 6) is 0.939. The van der Waals surface area contributed by atoms with E-state index in [1.165, 1.54) is 0 Å². The quantitative estimate of drug-likeness (QED) is 0.787. The second-order valence-electron chi connectivity index (χ2n) is 4.04. The molecular weight excluding hydrogens is 246 g/mol. The first-order chi connectivity index (χ1) is 9.36. The third-order valence-electron chi connectivity index (χ3n) is 2.83. The van der Waals surface area contributed by atoms with Gasteiger partial charge >= 0.3 is 0 Å². The Bertz CT molecular complexity index is 613. The lowest BCUT2D eigenvalue weighted by atomic mass is 10.2. The molecule has 1 aliphatic heterocycles. The van der Waals surface area contributed by atoms with Gasteiger partial charge in [0.2, 0.25) is 0 Å². The summed E-state index contributed by atoms with van der Waals surface area (Å²) in [6, 6.07) is 5.33. The second kappa shape index (κ2) is 5.04. The van der Waals surface area contributed by atoms with Crippen molar-refractivity contribution in [2.24, 2.45) is 0 Å². The van der Waals surface area contributed by atoms with Crippen LogP contribution in [0.25, 0.3) is 11.5 Å². The zero-order chi connectivity index (χ0) is 13.1. The van der Waals surface area contributed by atoms with E-state index in [2.05, 4.69) is 15.1 Å². The molecule has 0 spiro atoms. The molecule has 19 heavy (non-hydrogen) atoms. The number of pyridine rings is 1. The maximum absolute atomic E-state index is 8.82. The van der Waals surface area contributed by atoms with Crippen molar-refractivity contribution in [3.63, 3.8) is 0 Å². The predicted octanol–water partition coefficient (Wildman–Crippen LogP) is 0.840. The van der Waals surface area contributed by atoms with Gasteiger partial charge in [0.1, 0.15) is 11.8 Å². The average Bonchev–Trinajstić information content (AvgIpc) is 2.98. The summed E-state index contributed by atoms with van der Waals surface area (Å²) in [4.78, 5) is 10.2. The van der Waals surface area contributed by atoms with Gasteiger partial charge in [0, 0.05) is 24.8 Å². The van der Waals surface area contributed by atoms with E-state index in [4.69, 9.17) is 14.5 Å². The second-order valence-corrected chi connectivity index (χ2v) is 4.04. The Morgan fingerprint density at radius 3 is 2.95 bits per heavy atom. The molecule has 0 unspecified atom stereocenters. The SMILES string of the molecule is N#Cc1cc(-c2nc(N3CCOCC3)no2)ccn1. The molecule has 1 aliphatic rings. The Hall–Kier alpha value is -2.46. The monoisotopic (exact) mass is 257 g/mol. The largest absolute Gasteiger partial charge is 0.378 e. The highest BCUT2D eigenvalue weighted by atomic mass is 16.5. The molecule has 2 aromatic rings. The van der Waals surface area contributed by atoms with E-state index in [-0.39, 0.29) is 0 Å². The van der Waals surface area contributed by atoms with Crippen LogP contribution in [0.2, 0.25) is 0 Å². The van der Waals surface area contributed by atoms with Gasteiger partial charge in [0.15, 0.2) is 0 Å². The molecule has 3 rings (SSSR count). The molecule has 0 bridgehead atoms. The van der Waals surface area contributed by atoms with Gasteiger partial charge in [0.25, 0.3) is 11.8 Å². The Labute approximate surface area is 109 Å². The normalized spacial score (nSPS) is 15.2. The maximum Gasteiger partial charge on any atom is 0.266 e. The van der Waals surface area contributed by atoms with Gasteiger partial charge in [-0.15, -0.1) is 0 Å². The van der Waals surface area contributed by atoms with Gasteiger partial charge < -0.3 is 14.2 Å². The number of ether oxygens (including phenoxy) is 1. The lowest BCUT2D eigenvalue weighted by Crippen LogP contribution is -2.36. The van der Waals surface area contributed by atoms with Crippen LogP contribution in [0.15, 0.2) is 22.9 Å². The van der Waals surface area contributed by atoms with E-state index in [0.717, 1.165) is 13.1 Å². The van der Waals surface area contributed by atoms with Crippen LogP contribution in [-0.2, 0) is 4.74 Å². The van der Waals surface area contributed by atoms with Crippen molar-refractivity contribution in [3.8, 4) is 17.5 Å². The Morgan fingerprint density at radius 1 is 1.32 bits per heavy atom. The number of morpholine rings is 1. The van der Waals surface area contributed by atoms with Crippen molar-refractivity contribution >= 4 is 5.95 Å². The van der Waals surface area contributed by atoms with Crippen molar-refractivity contribution in [1.29, 1.82) is 5.26 Å². The van der Waals surface area contributed by atoms with Crippen molar-refractivity contribution in [1.82, 2.24) is 15.1 Å². The molecule has 2 aromatic heterocycles. The van der Waals surface area contributed by atoms with Crippen molar-refractivity contribution < 1.29 is 9.26 Å². The third kappa shape index (κ3) is 2.39. The first-order valence-corrected chi connectivity index (χ1v) is 5.90. The van der Waals surface area contributed by atoms with E-state index >= 15 is 0 Å². The number of nitrogens with zero attached hydrogens (tertiary/aromatic N) is 5. The van der Waals surface area contributed by atoms with E-state index in [1.54, 1.807) is 18.3 Å². The minimum atomic E-state index is 0.323. The summed E-state index contributed by atoms with van der Waals surface area (Å²) >= 11 is 0. The van der Waals surface area contributed by atoms with Gasteiger partial charge in [-0.2, -0.15) is 10.2 Å². The van der Waals surface area contributed by atoms with Gasteiger partial charge in [-0.1, -0.05) is 0 Å². The Kier molecular flexibility index (Phi) is 3.08.